The van der Waals surface area contributed by atoms with E-state index in [1.54, 1.807) is 12.1 Å². The summed E-state index contributed by atoms with van der Waals surface area (Å²) in [7, 11) is -1.37. The summed E-state index contributed by atoms with van der Waals surface area (Å²) in [6.07, 6.45) is 2.62. The van der Waals surface area contributed by atoms with Crippen LogP contribution in [0.15, 0.2) is 36.9 Å². The Bertz CT molecular complexity index is 254. The van der Waals surface area contributed by atoms with Gasteiger partial charge in [-0.15, -0.1) is 6.58 Å². The molecule has 12 heavy (non-hydrogen) atoms. The molecule has 0 aromatic heterocycles. The predicted molar refractivity (Wildman–Crippen MR) is 50.2 cm³/mol. The Morgan fingerprint density at radius 1 is 1.25 bits per heavy atom. The number of rotatable bonds is 3. The number of hydrogen-bond acceptors (Lipinski definition) is 2. The Hall–Kier alpha value is -1.06. The summed E-state index contributed by atoms with van der Waals surface area (Å²) < 4.78 is 0. The van der Waals surface area contributed by atoms with Crippen molar-refractivity contribution in [2.75, 3.05) is 0 Å². The molecule has 0 atom stereocenters. The van der Waals surface area contributed by atoms with Gasteiger partial charge in [0, 0.05) is 0 Å². The van der Waals surface area contributed by atoms with Gasteiger partial charge in [-0.3, -0.25) is 0 Å². The van der Waals surface area contributed by atoms with E-state index < -0.39 is 7.12 Å². The fourth-order valence-corrected chi connectivity index (χ4v) is 0.993. The average Bonchev–Trinajstić information content (AvgIpc) is 2.06. The first-order valence-corrected chi connectivity index (χ1v) is 3.80. The van der Waals surface area contributed by atoms with E-state index in [2.05, 4.69) is 6.58 Å². The highest BCUT2D eigenvalue weighted by Crippen LogP contribution is 1.98. The first kappa shape index (κ1) is 9.04. The Labute approximate surface area is 72.3 Å². The van der Waals surface area contributed by atoms with Gasteiger partial charge in [-0.2, -0.15) is 0 Å². The maximum absolute atomic E-state index is 8.78. The van der Waals surface area contributed by atoms with Gasteiger partial charge in [0.05, 0.1) is 0 Å². The van der Waals surface area contributed by atoms with E-state index in [0.717, 1.165) is 12.0 Å². The van der Waals surface area contributed by atoms with Gasteiger partial charge < -0.3 is 10.0 Å². The lowest BCUT2D eigenvalue weighted by atomic mass is 9.80. The minimum atomic E-state index is -1.37. The van der Waals surface area contributed by atoms with E-state index in [4.69, 9.17) is 10.0 Å². The smallest absolute Gasteiger partial charge is 0.423 e. The summed E-state index contributed by atoms with van der Waals surface area (Å²) >= 11 is 0. The highest BCUT2D eigenvalue weighted by molar-refractivity contribution is 6.58. The van der Waals surface area contributed by atoms with Crippen molar-refractivity contribution < 1.29 is 10.0 Å². The molecule has 2 N–H and O–H groups in total. The molecule has 3 heteroatoms. The average molecular weight is 162 g/mol. The standard InChI is InChI=1S/C9H11BO2/c1-2-3-8-4-6-9(7-5-8)10(11)12/h2,4-7,11-12H,1,3H2. The molecule has 0 bridgehead atoms. The molecule has 0 aliphatic carbocycles. The van der Waals surface area contributed by atoms with Crippen molar-refractivity contribution in [2.45, 2.75) is 6.42 Å². The zero-order valence-corrected chi connectivity index (χ0v) is 6.77. The van der Waals surface area contributed by atoms with Crippen LogP contribution in [0.4, 0.5) is 0 Å². The van der Waals surface area contributed by atoms with Gasteiger partial charge in [-0.1, -0.05) is 30.3 Å². The van der Waals surface area contributed by atoms with Crippen LogP contribution in [0.1, 0.15) is 5.56 Å². The van der Waals surface area contributed by atoms with Crippen LogP contribution >= 0.6 is 0 Å². The lowest BCUT2D eigenvalue weighted by Crippen LogP contribution is -2.29. The van der Waals surface area contributed by atoms with E-state index in [-0.39, 0.29) is 0 Å². The highest BCUT2D eigenvalue weighted by Gasteiger charge is 2.08. The molecule has 1 aromatic rings. The molecule has 0 unspecified atom stereocenters. The monoisotopic (exact) mass is 162 g/mol. The van der Waals surface area contributed by atoms with Gasteiger partial charge in [0.15, 0.2) is 0 Å². The quantitative estimate of drug-likeness (QED) is 0.488. The van der Waals surface area contributed by atoms with Crippen LogP contribution < -0.4 is 5.46 Å². The molecule has 0 amide bonds. The van der Waals surface area contributed by atoms with Crippen LogP contribution in [0.2, 0.25) is 0 Å². The zero-order valence-electron chi connectivity index (χ0n) is 6.77. The first-order chi connectivity index (χ1) is 5.74. The third kappa shape index (κ3) is 2.22. The van der Waals surface area contributed by atoms with Crippen molar-refractivity contribution in [1.29, 1.82) is 0 Å². The summed E-state index contributed by atoms with van der Waals surface area (Å²) in [4.78, 5) is 0. The SMILES string of the molecule is C=CCc1ccc(B(O)O)cc1. The Kier molecular flexibility index (Phi) is 3.08. The Morgan fingerprint density at radius 3 is 2.25 bits per heavy atom. The van der Waals surface area contributed by atoms with Gasteiger partial charge in [-0.05, 0) is 17.4 Å². The largest absolute Gasteiger partial charge is 0.488 e. The van der Waals surface area contributed by atoms with Gasteiger partial charge in [0.1, 0.15) is 0 Å². The molecule has 1 aromatic carbocycles. The molecule has 0 aliphatic rings. The highest BCUT2D eigenvalue weighted by atomic mass is 16.4. The topological polar surface area (TPSA) is 40.5 Å². The van der Waals surface area contributed by atoms with Crippen LogP contribution in [0, 0.1) is 0 Å². The predicted octanol–water partition coefficient (Wildman–Crippen LogP) is 0.0949. The minimum absolute atomic E-state index is 0.516. The van der Waals surface area contributed by atoms with E-state index in [1.165, 1.54) is 0 Å². The summed E-state index contributed by atoms with van der Waals surface area (Å²) in [5, 5.41) is 17.6. The molecule has 0 fully saturated rings. The van der Waals surface area contributed by atoms with E-state index in [0.29, 0.717) is 5.46 Å². The second-order valence-electron chi connectivity index (χ2n) is 2.61. The van der Waals surface area contributed by atoms with Crippen molar-refractivity contribution in [1.82, 2.24) is 0 Å². The molecular formula is C9H11BO2. The minimum Gasteiger partial charge on any atom is -0.423 e. The summed E-state index contributed by atoms with van der Waals surface area (Å²) in [5.74, 6) is 0. The number of allylic oxidation sites excluding steroid dienone is 1. The van der Waals surface area contributed by atoms with Crippen LogP contribution in [0.3, 0.4) is 0 Å². The van der Waals surface area contributed by atoms with Gasteiger partial charge in [-0.25, -0.2) is 0 Å². The zero-order chi connectivity index (χ0) is 8.97. The normalized spacial score (nSPS) is 9.50. The molecule has 1 rings (SSSR count). The lowest BCUT2D eigenvalue weighted by molar-refractivity contribution is 0.426. The molecular weight excluding hydrogens is 151 g/mol. The van der Waals surface area contributed by atoms with Crippen molar-refractivity contribution in [3.63, 3.8) is 0 Å². The Morgan fingerprint density at radius 2 is 1.83 bits per heavy atom. The molecule has 0 saturated carbocycles. The summed E-state index contributed by atoms with van der Waals surface area (Å²) in [6.45, 7) is 3.61. The van der Waals surface area contributed by atoms with Gasteiger partial charge in [0.2, 0.25) is 0 Å². The van der Waals surface area contributed by atoms with Crippen molar-refractivity contribution in [3.8, 4) is 0 Å². The van der Waals surface area contributed by atoms with Crippen LogP contribution in [-0.4, -0.2) is 17.2 Å². The molecule has 0 saturated heterocycles. The third-order valence-corrected chi connectivity index (χ3v) is 1.66. The molecule has 0 radical (unpaired) electrons. The molecule has 0 heterocycles. The van der Waals surface area contributed by atoms with E-state index in [9.17, 15) is 0 Å². The fourth-order valence-electron chi connectivity index (χ4n) is 0.993. The molecule has 2 nitrogen and oxygen atoms in total. The summed E-state index contributed by atoms with van der Waals surface area (Å²) in [6, 6.07) is 7.11. The second kappa shape index (κ2) is 4.09. The van der Waals surface area contributed by atoms with Crippen LogP contribution in [-0.2, 0) is 6.42 Å². The third-order valence-electron chi connectivity index (χ3n) is 1.66. The lowest BCUT2D eigenvalue weighted by Gasteiger charge is -2.00. The van der Waals surface area contributed by atoms with Crippen LogP contribution in [0.25, 0.3) is 0 Å². The fraction of sp³-hybridized carbons (Fsp3) is 0.111. The number of benzene rings is 1. The first-order valence-electron chi connectivity index (χ1n) is 3.80. The van der Waals surface area contributed by atoms with Crippen molar-refractivity contribution in [3.05, 3.63) is 42.5 Å². The van der Waals surface area contributed by atoms with Gasteiger partial charge >= 0.3 is 7.12 Å². The number of hydrogen-bond donors (Lipinski definition) is 2. The Balaban J connectivity index is 2.78. The summed E-state index contributed by atoms with van der Waals surface area (Å²) in [5.41, 5.74) is 1.64. The van der Waals surface area contributed by atoms with E-state index in [1.807, 2.05) is 18.2 Å². The van der Waals surface area contributed by atoms with Crippen molar-refractivity contribution >= 4 is 12.6 Å². The maximum Gasteiger partial charge on any atom is 0.488 e. The maximum atomic E-state index is 8.78. The molecule has 0 aliphatic heterocycles. The van der Waals surface area contributed by atoms with Gasteiger partial charge in [0.25, 0.3) is 0 Å². The van der Waals surface area contributed by atoms with Crippen molar-refractivity contribution in [2.24, 2.45) is 0 Å². The second-order valence-corrected chi connectivity index (χ2v) is 2.61. The molecule has 62 valence electrons. The van der Waals surface area contributed by atoms with E-state index >= 15 is 0 Å². The van der Waals surface area contributed by atoms with Crippen LogP contribution in [0.5, 0.6) is 0 Å². The molecule has 0 spiro atoms.